The largest absolute Gasteiger partial charge is 0.390 e. The number of aliphatic hydroxyl groups is 2. The van der Waals surface area contributed by atoms with Gasteiger partial charge in [0.25, 0.3) is 0 Å². The fourth-order valence-electron chi connectivity index (χ4n) is 4.86. The van der Waals surface area contributed by atoms with Crippen LogP contribution in [0.4, 0.5) is 0 Å². The molecule has 1 aromatic heterocycles. The molecule has 0 saturated heterocycles. The summed E-state index contributed by atoms with van der Waals surface area (Å²) in [5.74, 6) is 1.77. The van der Waals surface area contributed by atoms with Crippen molar-refractivity contribution in [3.63, 3.8) is 0 Å². The maximum atomic E-state index is 13.5. The number of aliphatic hydroxyl groups excluding tert-OH is 2. The van der Waals surface area contributed by atoms with Gasteiger partial charge >= 0.3 is 0 Å². The van der Waals surface area contributed by atoms with E-state index in [2.05, 4.69) is 26.9 Å². The fraction of sp³-hybridized carbons (Fsp3) is 0.714. The first-order chi connectivity index (χ1) is 18.7. The third kappa shape index (κ3) is 12.0. The van der Waals surface area contributed by atoms with Gasteiger partial charge in [0, 0.05) is 51.2 Å². The molecule has 10 nitrogen and oxygen atoms in total. The molecular weight excluding hydrogens is 518 g/mol. The number of rotatable bonds is 17. The molecule has 5 N–H and O–H groups in total. The standard InChI is InChI=1S/C28H45N5O5S/c1-4-5-11-24(34)27(37)22(16-20-9-7-6-8-10-20)32-28(38)23(17-21-18-39-19-30-21)31-25(35)12-13-26(36)33(3)15-14-29-2/h1,18-20,22-24,27,29,34,37H,5-17H2,2-3H3,(H,31,35)(H,32,38)/t22?,23-,24-,27+/m0/s1. The molecule has 1 fully saturated rings. The van der Waals surface area contributed by atoms with E-state index in [0.717, 1.165) is 25.7 Å². The molecule has 0 aromatic carbocycles. The van der Waals surface area contributed by atoms with Crippen molar-refractivity contribution in [1.82, 2.24) is 25.8 Å². The molecule has 1 aliphatic carbocycles. The maximum Gasteiger partial charge on any atom is 0.243 e. The van der Waals surface area contributed by atoms with E-state index in [9.17, 15) is 24.6 Å². The molecule has 218 valence electrons. The summed E-state index contributed by atoms with van der Waals surface area (Å²) in [6, 6.07) is -1.63. The van der Waals surface area contributed by atoms with Crippen molar-refractivity contribution in [1.29, 1.82) is 0 Å². The number of aromatic nitrogens is 1. The van der Waals surface area contributed by atoms with Crippen LogP contribution in [-0.4, -0.2) is 89.3 Å². The Kier molecular flexibility index (Phi) is 15.0. The summed E-state index contributed by atoms with van der Waals surface area (Å²) in [6.07, 6.45) is 9.69. The van der Waals surface area contributed by atoms with Gasteiger partial charge in [0.1, 0.15) is 12.1 Å². The second-order valence-electron chi connectivity index (χ2n) is 10.4. The van der Waals surface area contributed by atoms with Crippen LogP contribution in [-0.2, 0) is 20.8 Å². The summed E-state index contributed by atoms with van der Waals surface area (Å²) in [6.45, 7) is 1.18. The molecule has 1 aliphatic rings. The van der Waals surface area contributed by atoms with Gasteiger partial charge < -0.3 is 31.1 Å². The third-order valence-electron chi connectivity index (χ3n) is 7.27. The number of carbonyl (C=O) groups is 3. The number of terminal acetylenes is 1. The summed E-state index contributed by atoms with van der Waals surface area (Å²) >= 11 is 1.39. The van der Waals surface area contributed by atoms with Gasteiger partial charge in [0.05, 0.1) is 23.4 Å². The van der Waals surface area contributed by atoms with Crippen LogP contribution in [0, 0.1) is 18.3 Å². The number of nitrogens with one attached hydrogen (secondary N) is 3. The molecule has 1 saturated carbocycles. The number of likely N-dealkylation sites (N-methyl/N-ethyl adjacent to an activating group) is 2. The molecule has 0 bridgehead atoms. The van der Waals surface area contributed by atoms with E-state index < -0.39 is 36.1 Å². The number of thiazole rings is 1. The zero-order chi connectivity index (χ0) is 28.6. The highest BCUT2D eigenvalue weighted by Gasteiger charge is 2.33. The van der Waals surface area contributed by atoms with Crippen molar-refractivity contribution in [2.75, 3.05) is 27.2 Å². The van der Waals surface area contributed by atoms with Gasteiger partial charge in [-0.2, -0.15) is 0 Å². The van der Waals surface area contributed by atoms with E-state index in [-0.39, 0.29) is 31.6 Å². The molecule has 1 unspecified atom stereocenters. The summed E-state index contributed by atoms with van der Waals surface area (Å²) in [7, 11) is 3.49. The van der Waals surface area contributed by atoms with Crippen LogP contribution in [0.3, 0.4) is 0 Å². The zero-order valence-electron chi connectivity index (χ0n) is 23.2. The van der Waals surface area contributed by atoms with Gasteiger partial charge in [0.15, 0.2) is 0 Å². The van der Waals surface area contributed by atoms with Gasteiger partial charge in [-0.1, -0.05) is 32.1 Å². The summed E-state index contributed by atoms with van der Waals surface area (Å²) < 4.78 is 0. The fourth-order valence-corrected chi connectivity index (χ4v) is 5.43. The molecule has 2 rings (SSSR count). The minimum atomic E-state index is -1.19. The van der Waals surface area contributed by atoms with E-state index in [1.807, 2.05) is 5.38 Å². The number of amides is 3. The molecule has 4 atom stereocenters. The van der Waals surface area contributed by atoms with Crippen LogP contribution in [0.2, 0.25) is 0 Å². The SMILES string of the molecule is C#CCC[C@H](O)[C@H](O)C(CC1CCCCC1)NC(=O)[C@H](Cc1cscn1)NC(=O)CCC(=O)N(C)CCNC. The summed E-state index contributed by atoms with van der Waals surface area (Å²) in [5.41, 5.74) is 2.31. The quantitative estimate of drug-likeness (QED) is 0.179. The summed E-state index contributed by atoms with van der Waals surface area (Å²) in [5, 5.41) is 32.0. The average Bonchev–Trinajstić information content (AvgIpc) is 3.45. The van der Waals surface area contributed by atoms with Gasteiger partial charge in [-0.15, -0.1) is 23.7 Å². The number of hydrogen-bond donors (Lipinski definition) is 5. The molecule has 0 aliphatic heterocycles. The first-order valence-electron chi connectivity index (χ1n) is 13.9. The van der Waals surface area contributed by atoms with Crippen molar-refractivity contribution < 1.29 is 24.6 Å². The van der Waals surface area contributed by atoms with Crippen LogP contribution in [0.15, 0.2) is 10.9 Å². The molecule has 0 spiro atoms. The van der Waals surface area contributed by atoms with Gasteiger partial charge in [-0.05, 0) is 25.8 Å². The van der Waals surface area contributed by atoms with Crippen molar-refractivity contribution in [3.8, 4) is 12.3 Å². The lowest BCUT2D eigenvalue weighted by Crippen LogP contribution is -2.55. The number of hydrogen-bond acceptors (Lipinski definition) is 8. The van der Waals surface area contributed by atoms with E-state index in [1.165, 1.54) is 17.8 Å². The minimum absolute atomic E-state index is 0.0292. The Morgan fingerprint density at radius 3 is 2.59 bits per heavy atom. The molecule has 1 heterocycles. The van der Waals surface area contributed by atoms with Crippen LogP contribution in [0.25, 0.3) is 0 Å². The highest BCUT2D eigenvalue weighted by atomic mass is 32.1. The molecule has 11 heteroatoms. The second kappa shape index (κ2) is 17.9. The van der Waals surface area contributed by atoms with Crippen LogP contribution in [0.1, 0.15) is 69.9 Å². The second-order valence-corrected chi connectivity index (χ2v) is 11.1. The Balaban J connectivity index is 2.09. The minimum Gasteiger partial charge on any atom is -0.390 e. The Labute approximate surface area is 236 Å². The van der Waals surface area contributed by atoms with E-state index >= 15 is 0 Å². The van der Waals surface area contributed by atoms with E-state index in [1.54, 1.807) is 24.5 Å². The zero-order valence-corrected chi connectivity index (χ0v) is 24.0. The predicted octanol–water partition coefficient (Wildman–Crippen LogP) is 1.22. The van der Waals surface area contributed by atoms with Crippen LogP contribution >= 0.6 is 11.3 Å². The van der Waals surface area contributed by atoms with Crippen molar-refractivity contribution in [3.05, 3.63) is 16.6 Å². The lowest BCUT2D eigenvalue weighted by molar-refractivity contribution is -0.133. The third-order valence-corrected chi connectivity index (χ3v) is 7.90. The summed E-state index contributed by atoms with van der Waals surface area (Å²) in [4.78, 5) is 44.5. The molecule has 0 radical (unpaired) electrons. The first kappa shape index (κ1) is 32.7. The topological polar surface area (TPSA) is 144 Å². The van der Waals surface area contributed by atoms with Crippen molar-refractivity contribution in [2.24, 2.45) is 5.92 Å². The van der Waals surface area contributed by atoms with Gasteiger partial charge in [-0.25, -0.2) is 4.98 Å². The van der Waals surface area contributed by atoms with Crippen LogP contribution in [0.5, 0.6) is 0 Å². The lowest BCUT2D eigenvalue weighted by Gasteiger charge is -2.33. The Morgan fingerprint density at radius 2 is 1.95 bits per heavy atom. The van der Waals surface area contributed by atoms with Crippen molar-refractivity contribution in [2.45, 2.75) is 94.9 Å². The maximum absolute atomic E-state index is 13.5. The number of carbonyl (C=O) groups excluding carboxylic acids is 3. The monoisotopic (exact) mass is 563 g/mol. The molecular formula is C28H45N5O5S. The predicted molar refractivity (Wildman–Crippen MR) is 152 cm³/mol. The molecule has 3 amide bonds. The van der Waals surface area contributed by atoms with Gasteiger partial charge in [0.2, 0.25) is 17.7 Å². The normalized spacial score (nSPS) is 16.9. The Bertz CT molecular complexity index is 916. The molecule has 1 aromatic rings. The van der Waals surface area contributed by atoms with Crippen LogP contribution < -0.4 is 16.0 Å². The van der Waals surface area contributed by atoms with Crippen molar-refractivity contribution >= 4 is 29.1 Å². The smallest absolute Gasteiger partial charge is 0.243 e. The highest BCUT2D eigenvalue weighted by Crippen LogP contribution is 2.28. The highest BCUT2D eigenvalue weighted by molar-refractivity contribution is 7.07. The van der Waals surface area contributed by atoms with E-state index in [0.29, 0.717) is 37.5 Å². The Morgan fingerprint density at radius 1 is 1.21 bits per heavy atom. The average molecular weight is 564 g/mol. The number of nitrogens with zero attached hydrogens (tertiary/aromatic N) is 2. The Hall–Kier alpha value is -2.52. The van der Waals surface area contributed by atoms with Gasteiger partial charge in [-0.3, -0.25) is 14.4 Å². The first-order valence-corrected chi connectivity index (χ1v) is 14.8. The lowest BCUT2D eigenvalue weighted by atomic mass is 9.82. The molecule has 39 heavy (non-hydrogen) atoms. The van der Waals surface area contributed by atoms with E-state index in [4.69, 9.17) is 6.42 Å².